The summed E-state index contributed by atoms with van der Waals surface area (Å²) in [5.41, 5.74) is 2.23. The number of rotatable bonds is 7. The maximum Gasteiger partial charge on any atom is 0.227 e. The summed E-state index contributed by atoms with van der Waals surface area (Å²) in [4.78, 5) is 14.8. The summed E-state index contributed by atoms with van der Waals surface area (Å²) >= 11 is 0. The Kier molecular flexibility index (Phi) is 6.05. The number of carbonyl (C=O) groups excluding carboxylic acids is 1. The van der Waals surface area contributed by atoms with Crippen molar-refractivity contribution >= 4 is 11.6 Å². The molecule has 1 aliphatic rings. The van der Waals surface area contributed by atoms with Crippen molar-refractivity contribution in [3.8, 4) is 0 Å². The molecule has 0 aromatic heterocycles. The molecule has 2 N–H and O–H groups in total. The molecule has 1 aromatic carbocycles. The summed E-state index contributed by atoms with van der Waals surface area (Å²) in [5.74, 6) is 0.153. The van der Waals surface area contributed by atoms with E-state index in [1.165, 1.54) is 0 Å². The van der Waals surface area contributed by atoms with Crippen LogP contribution in [0.15, 0.2) is 24.3 Å². The molecule has 0 aliphatic carbocycles. The lowest BCUT2D eigenvalue weighted by atomic mass is 9.90. The fourth-order valence-corrected chi connectivity index (χ4v) is 2.95. The van der Waals surface area contributed by atoms with Crippen LogP contribution in [0.4, 0.5) is 5.69 Å². The molecule has 0 saturated heterocycles. The highest BCUT2D eigenvalue weighted by molar-refractivity contribution is 5.86. The van der Waals surface area contributed by atoms with Crippen LogP contribution in [0.3, 0.4) is 0 Å². The van der Waals surface area contributed by atoms with Gasteiger partial charge in [0.2, 0.25) is 5.91 Å². The van der Waals surface area contributed by atoms with Crippen LogP contribution in [0.2, 0.25) is 0 Å². The van der Waals surface area contributed by atoms with Crippen LogP contribution in [-0.2, 0) is 4.79 Å². The van der Waals surface area contributed by atoms with Gasteiger partial charge < -0.3 is 15.5 Å². The molecule has 0 bridgehead atoms. The SMILES string of the molecule is CCCN(CC)CCNC(=O)C1CCNc2ccccc21. The minimum atomic E-state index is -0.0105. The summed E-state index contributed by atoms with van der Waals surface area (Å²) in [7, 11) is 0. The second-order valence-electron chi connectivity index (χ2n) is 5.58. The Morgan fingerprint density at radius 1 is 1.33 bits per heavy atom. The average Bonchev–Trinajstić information content (AvgIpc) is 2.53. The van der Waals surface area contributed by atoms with Gasteiger partial charge in [0.05, 0.1) is 5.92 Å². The Hall–Kier alpha value is -1.55. The van der Waals surface area contributed by atoms with E-state index in [1.54, 1.807) is 0 Å². The summed E-state index contributed by atoms with van der Waals surface area (Å²) in [6.45, 7) is 9.03. The van der Waals surface area contributed by atoms with Crippen LogP contribution in [0.5, 0.6) is 0 Å². The summed E-state index contributed by atoms with van der Waals surface area (Å²) in [5, 5.41) is 6.47. The molecular weight excluding hydrogens is 262 g/mol. The summed E-state index contributed by atoms with van der Waals surface area (Å²) in [6, 6.07) is 8.12. The van der Waals surface area contributed by atoms with Crippen molar-refractivity contribution in [2.45, 2.75) is 32.6 Å². The van der Waals surface area contributed by atoms with E-state index in [0.717, 1.165) is 56.8 Å². The minimum Gasteiger partial charge on any atom is -0.385 e. The normalized spacial score (nSPS) is 17.2. The first-order chi connectivity index (χ1) is 10.3. The number of hydrogen-bond donors (Lipinski definition) is 2. The predicted molar refractivity (Wildman–Crippen MR) is 87.7 cm³/mol. The van der Waals surface area contributed by atoms with E-state index in [0.29, 0.717) is 0 Å². The summed E-state index contributed by atoms with van der Waals surface area (Å²) in [6.07, 6.45) is 2.03. The molecule has 0 fully saturated rings. The van der Waals surface area contributed by atoms with E-state index in [9.17, 15) is 4.79 Å². The molecular formula is C17H27N3O. The Labute approximate surface area is 127 Å². The van der Waals surface area contributed by atoms with Crippen molar-refractivity contribution in [3.63, 3.8) is 0 Å². The fraction of sp³-hybridized carbons (Fsp3) is 0.588. The Balaban J connectivity index is 1.87. The number of anilines is 1. The first-order valence-corrected chi connectivity index (χ1v) is 8.09. The van der Waals surface area contributed by atoms with Gasteiger partial charge in [0.1, 0.15) is 0 Å². The van der Waals surface area contributed by atoms with Gasteiger partial charge in [0.25, 0.3) is 0 Å². The molecule has 1 heterocycles. The zero-order valence-corrected chi connectivity index (χ0v) is 13.2. The van der Waals surface area contributed by atoms with Gasteiger partial charge in [0, 0.05) is 25.3 Å². The third kappa shape index (κ3) is 4.21. The second kappa shape index (κ2) is 8.03. The highest BCUT2D eigenvalue weighted by atomic mass is 16.1. The van der Waals surface area contributed by atoms with Gasteiger partial charge in [-0.3, -0.25) is 4.79 Å². The molecule has 1 aromatic rings. The lowest BCUT2D eigenvalue weighted by Crippen LogP contribution is -2.38. The Morgan fingerprint density at radius 3 is 2.90 bits per heavy atom. The average molecular weight is 289 g/mol. The third-order valence-corrected chi connectivity index (χ3v) is 4.12. The zero-order valence-electron chi connectivity index (χ0n) is 13.2. The zero-order chi connectivity index (χ0) is 15.1. The van der Waals surface area contributed by atoms with E-state index in [1.807, 2.05) is 12.1 Å². The van der Waals surface area contributed by atoms with Gasteiger partial charge in [-0.15, -0.1) is 0 Å². The molecule has 1 aliphatic heterocycles. The van der Waals surface area contributed by atoms with Crippen LogP contribution in [0.1, 0.15) is 38.2 Å². The maximum atomic E-state index is 12.4. The van der Waals surface area contributed by atoms with Crippen molar-refractivity contribution in [2.24, 2.45) is 0 Å². The number of likely N-dealkylation sites (N-methyl/N-ethyl adjacent to an activating group) is 1. The highest BCUT2D eigenvalue weighted by Crippen LogP contribution is 2.31. The van der Waals surface area contributed by atoms with Crippen molar-refractivity contribution in [2.75, 3.05) is 38.0 Å². The largest absolute Gasteiger partial charge is 0.385 e. The van der Waals surface area contributed by atoms with E-state index in [-0.39, 0.29) is 11.8 Å². The lowest BCUT2D eigenvalue weighted by Gasteiger charge is -2.26. The minimum absolute atomic E-state index is 0.0105. The Morgan fingerprint density at radius 2 is 2.14 bits per heavy atom. The smallest absolute Gasteiger partial charge is 0.227 e. The van der Waals surface area contributed by atoms with Crippen LogP contribution in [0, 0.1) is 0 Å². The fourth-order valence-electron chi connectivity index (χ4n) is 2.95. The number of fused-ring (bicyclic) bond motifs is 1. The van der Waals surface area contributed by atoms with Crippen molar-refractivity contribution in [1.82, 2.24) is 10.2 Å². The standard InChI is InChI=1S/C17H27N3O/c1-3-12-20(4-2)13-11-19-17(21)15-9-10-18-16-8-6-5-7-14(15)16/h5-8,15,18H,3-4,9-13H2,1-2H3,(H,19,21). The monoisotopic (exact) mass is 289 g/mol. The molecule has 1 amide bonds. The van der Waals surface area contributed by atoms with E-state index in [4.69, 9.17) is 0 Å². The van der Waals surface area contributed by atoms with Gasteiger partial charge in [-0.1, -0.05) is 32.0 Å². The van der Waals surface area contributed by atoms with Gasteiger partial charge in [-0.05, 0) is 37.6 Å². The van der Waals surface area contributed by atoms with Gasteiger partial charge >= 0.3 is 0 Å². The number of nitrogens with zero attached hydrogens (tertiary/aromatic N) is 1. The lowest BCUT2D eigenvalue weighted by molar-refractivity contribution is -0.122. The number of para-hydroxylation sites is 1. The number of amides is 1. The second-order valence-corrected chi connectivity index (χ2v) is 5.58. The number of benzene rings is 1. The van der Waals surface area contributed by atoms with Crippen molar-refractivity contribution < 1.29 is 4.79 Å². The number of nitrogens with one attached hydrogen (secondary N) is 2. The van der Waals surface area contributed by atoms with Crippen molar-refractivity contribution in [1.29, 1.82) is 0 Å². The van der Waals surface area contributed by atoms with E-state index >= 15 is 0 Å². The summed E-state index contributed by atoms with van der Waals surface area (Å²) < 4.78 is 0. The third-order valence-electron chi connectivity index (χ3n) is 4.12. The molecule has 0 radical (unpaired) electrons. The van der Waals surface area contributed by atoms with E-state index < -0.39 is 0 Å². The molecule has 1 unspecified atom stereocenters. The molecule has 1 atom stereocenters. The van der Waals surface area contributed by atoms with Gasteiger partial charge in [-0.2, -0.15) is 0 Å². The van der Waals surface area contributed by atoms with Crippen LogP contribution >= 0.6 is 0 Å². The van der Waals surface area contributed by atoms with Crippen LogP contribution < -0.4 is 10.6 Å². The van der Waals surface area contributed by atoms with Gasteiger partial charge in [0.15, 0.2) is 0 Å². The number of carbonyl (C=O) groups is 1. The van der Waals surface area contributed by atoms with Crippen LogP contribution in [-0.4, -0.2) is 43.5 Å². The first-order valence-electron chi connectivity index (χ1n) is 8.09. The maximum absolute atomic E-state index is 12.4. The van der Waals surface area contributed by atoms with Crippen molar-refractivity contribution in [3.05, 3.63) is 29.8 Å². The Bertz CT molecular complexity index is 461. The predicted octanol–water partition coefficient (Wildman–Crippen LogP) is 2.43. The molecule has 21 heavy (non-hydrogen) atoms. The molecule has 4 heteroatoms. The number of hydrogen-bond acceptors (Lipinski definition) is 3. The topological polar surface area (TPSA) is 44.4 Å². The highest BCUT2D eigenvalue weighted by Gasteiger charge is 2.25. The molecule has 0 spiro atoms. The molecule has 2 rings (SSSR count). The molecule has 116 valence electrons. The molecule has 0 saturated carbocycles. The van der Waals surface area contributed by atoms with E-state index in [2.05, 4.69) is 41.5 Å². The van der Waals surface area contributed by atoms with Crippen LogP contribution in [0.25, 0.3) is 0 Å². The molecule has 4 nitrogen and oxygen atoms in total. The quantitative estimate of drug-likeness (QED) is 0.810. The first kappa shape index (κ1) is 15.8. The van der Waals surface area contributed by atoms with Gasteiger partial charge in [-0.25, -0.2) is 0 Å².